The van der Waals surface area contributed by atoms with Crippen molar-refractivity contribution in [2.24, 2.45) is 11.3 Å². The summed E-state index contributed by atoms with van der Waals surface area (Å²) in [5, 5.41) is 0. The number of rotatable bonds is 1. The molecule has 0 aromatic heterocycles. The van der Waals surface area contributed by atoms with Gasteiger partial charge in [0.25, 0.3) is 0 Å². The molecule has 0 aromatic carbocycles. The highest BCUT2D eigenvalue weighted by Gasteiger charge is 2.93. The molecule has 0 aromatic rings. The monoisotopic (exact) mass is 305 g/mol. The zero-order valence-electron chi connectivity index (χ0n) is 11.7. The predicted octanol–water partition coefficient (Wildman–Crippen LogP) is 2.45. The molecule has 3 nitrogen and oxygen atoms in total. The number of morpholine rings is 1. The molecule has 2 saturated heterocycles. The van der Waals surface area contributed by atoms with E-state index >= 15 is 0 Å². The van der Waals surface area contributed by atoms with Crippen molar-refractivity contribution in [1.82, 2.24) is 4.90 Å². The minimum absolute atomic E-state index is 0.0379. The summed E-state index contributed by atoms with van der Waals surface area (Å²) in [5.74, 6) is 0.287. The number of ether oxygens (including phenoxy) is 2. The molecular formula is C14H21Cl2NO2. The second kappa shape index (κ2) is 3.44. The summed E-state index contributed by atoms with van der Waals surface area (Å²) < 4.78 is 10.9. The second-order valence-electron chi connectivity index (χ2n) is 7.46. The van der Waals surface area contributed by atoms with Crippen molar-refractivity contribution in [3.8, 4) is 0 Å². The molecule has 0 bridgehead atoms. The zero-order chi connectivity index (χ0) is 13.7. The molecule has 0 radical (unpaired) electrons. The lowest BCUT2D eigenvalue weighted by atomic mass is 9.70. The van der Waals surface area contributed by atoms with Crippen LogP contribution in [-0.4, -0.2) is 52.8 Å². The van der Waals surface area contributed by atoms with Gasteiger partial charge in [0, 0.05) is 19.0 Å². The van der Waals surface area contributed by atoms with Gasteiger partial charge >= 0.3 is 0 Å². The lowest BCUT2D eigenvalue weighted by molar-refractivity contribution is -0.0130. The van der Waals surface area contributed by atoms with E-state index in [1.807, 2.05) is 0 Å². The number of hydrogen-bond acceptors (Lipinski definition) is 3. The highest BCUT2D eigenvalue weighted by molar-refractivity contribution is 6.53. The summed E-state index contributed by atoms with van der Waals surface area (Å²) in [6.45, 7) is 10.1. The highest BCUT2D eigenvalue weighted by atomic mass is 35.5. The molecule has 2 saturated carbocycles. The number of alkyl halides is 2. The molecule has 4 fully saturated rings. The van der Waals surface area contributed by atoms with Gasteiger partial charge in [-0.2, -0.15) is 0 Å². The van der Waals surface area contributed by atoms with Gasteiger partial charge in [0.05, 0.1) is 24.4 Å². The molecule has 0 N–H and O–H groups in total. The third-order valence-corrected chi connectivity index (χ3v) is 6.70. The Labute approximate surface area is 124 Å². The maximum absolute atomic E-state index is 6.77. The largest absolute Gasteiger partial charge is 0.379 e. The molecular weight excluding hydrogens is 285 g/mol. The SMILES string of the molecule is CC1(C)C[C@]2(C)O[C@@H]2[C@@]2(N3CCOCC3)[C@@H]1C2(Cl)Cl. The van der Waals surface area contributed by atoms with Crippen LogP contribution in [0.15, 0.2) is 0 Å². The Bertz CT molecular complexity index is 435. The van der Waals surface area contributed by atoms with Crippen LogP contribution in [0.25, 0.3) is 0 Å². The standard InChI is InChI=1S/C14H21Cl2NO2/c1-11(2)8-12(3)10(19-12)13(9(11)14(13,15)16)17-4-6-18-7-5-17/h9-10H,4-8H2,1-3H3/t9-,10+,12+,13+/m1/s1. The van der Waals surface area contributed by atoms with Crippen molar-refractivity contribution in [2.45, 2.75) is 48.8 Å². The molecule has 0 spiro atoms. The number of hydrogen-bond donors (Lipinski definition) is 0. The van der Waals surface area contributed by atoms with Crippen molar-refractivity contribution in [2.75, 3.05) is 26.3 Å². The summed E-state index contributed by atoms with van der Waals surface area (Å²) in [6.07, 6.45) is 1.23. The fourth-order valence-corrected chi connectivity index (χ4v) is 6.72. The number of halogens is 2. The molecule has 19 heavy (non-hydrogen) atoms. The van der Waals surface area contributed by atoms with Gasteiger partial charge in [0.15, 0.2) is 0 Å². The quantitative estimate of drug-likeness (QED) is 0.549. The summed E-state index contributed by atoms with van der Waals surface area (Å²) in [7, 11) is 0. The molecule has 2 heterocycles. The lowest BCUT2D eigenvalue weighted by Gasteiger charge is -2.41. The van der Waals surface area contributed by atoms with E-state index in [1.54, 1.807) is 0 Å². The van der Waals surface area contributed by atoms with E-state index in [9.17, 15) is 0 Å². The minimum atomic E-state index is -0.688. The Morgan fingerprint density at radius 1 is 1.11 bits per heavy atom. The third-order valence-electron chi connectivity index (χ3n) is 5.66. The maximum atomic E-state index is 6.77. The second-order valence-corrected chi connectivity index (χ2v) is 8.84. The summed E-state index contributed by atoms with van der Waals surface area (Å²) in [5.41, 5.74) is -0.121. The number of epoxide rings is 1. The van der Waals surface area contributed by atoms with E-state index in [2.05, 4.69) is 25.7 Å². The first-order valence-corrected chi connectivity index (χ1v) is 7.91. The van der Waals surface area contributed by atoms with Crippen LogP contribution in [0.3, 0.4) is 0 Å². The molecule has 5 heteroatoms. The average molecular weight is 306 g/mol. The van der Waals surface area contributed by atoms with E-state index < -0.39 is 4.33 Å². The average Bonchev–Trinajstić information content (AvgIpc) is 3.11. The molecule has 4 atom stereocenters. The molecule has 4 rings (SSSR count). The Kier molecular flexibility index (Phi) is 2.38. The molecule has 0 amide bonds. The van der Waals surface area contributed by atoms with E-state index in [0.29, 0.717) is 0 Å². The first kappa shape index (κ1) is 13.1. The van der Waals surface area contributed by atoms with Gasteiger partial charge in [-0.1, -0.05) is 37.0 Å². The van der Waals surface area contributed by atoms with Crippen LogP contribution >= 0.6 is 23.2 Å². The van der Waals surface area contributed by atoms with Crippen LogP contribution in [-0.2, 0) is 9.47 Å². The van der Waals surface area contributed by atoms with Crippen molar-refractivity contribution in [1.29, 1.82) is 0 Å². The van der Waals surface area contributed by atoms with Crippen molar-refractivity contribution >= 4 is 23.2 Å². The first-order valence-electron chi connectivity index (χ1n) is 7.15. The lowest BCUT2D eigenvalue weighted by Crippen LogP contribution is -2.55. The molecule has 2 aliphatic heterocycles. The highest BCUT2D eigenvalue weighted by Crippen LogP contribution is 2.81. The van der Waals surface area contributed by atoms with Gasteiger partial charge < -0.3 is 9.47 Å². The molecule has 4 aliphatic rings. The van der Waals surface area contributed by atoms with Crippen LogP contribution < -0.4 is 0 Å². The van der Waals surface area contributed by atoms with Crippen LogP contribution in [0.4, 0.5) is 0 Å². The van der Waals surface area contributed by atoms with Crippen LogP contribution in [0.1, 0.15) is 27.2 Å². The Morgan fingerprint density at radius 2 is 1.74 bits per heavy atom. The van der Waals surface area contributed by atoms with Crippen LogP contribution in [0.2, 0.25) is 0 Å². The van der Waals surface area contributed by atoms with E-state index in [-0.39, 0.29) is 28.6 Å². The van der Waals surface area contributed by atoms with Gasteiger partial charge in [0.2, 0.25) is 0 Å². The summed E-state index contributed by atoms with van der Waals surface area (Å²) >= 11 is 13.5. The Hall–Kier alpha value is 0.460. The molecule has 2 aliphatic carbocycles. The van der Waals surface area contributed by atoms with Gasteiger partial charge in [-0.05, 0) is 18.8 Å². The topological polar surface area (TPSA) is 25.0 Å². The molecule has 0 unspecified atom stereocenters. The number of nitrogens with zero attached hydrogens (tertiary/aromatic N) is 1. The van der Waals surface area contributed by atoms with Crippen LogP contribution in [0.5, 0.6) is 0 Å². The normalized spacial score (nSPS) is 54.2. The fourth-order valence-electron chi connectivity index (χ4n) is 5.25. The van der Waals surface area contributed by atoms with Gasteiger partial charge in [-0.25, -0.2) is 0 Å². The predicted molar refractivity (Wildman–Crippen MR) is 74.7 cm³/mol. The van der Waals surface area contributed by atoms with Gasteiger partial charge in [-0.3, -0.25) is 4.90 Å². The first-order chi connectivity index (χ1) is 8.77. The van der Waals surface area contributed by atoms with E-state index in [0.717, 1.165) is 32.7 Å². The number of fused-ring (bicyclic) bond motifs is 3. The maximum Gasteiger partial charge on any atom is 0.144 e. The van der Waals surface area contributed by atoms with E-state index in [4.69, 9.17) is 32.7 Å². The van der Waals surface area contributed by atoms with Gasteiger partial charge in [0.1, 0.15) is 10.4 Å². The summed E-state index contributed by atoms with van der Waals surface area (Å²) in [4.78, 5) is 2.44. The Balaban J connectivity index is 1.77. The van der Waals surface area contributed by atoms with Gasteiger partial charge in [-0.15, -0.1) is 0 Å². The third kappa shape index (κ3) is 1.37. The smallest absolute Gasteiger partial charge is 0.144 e. The van der Waals surface area contributed by atoms with E-state index in [1.165, 1.54) is 0 Å². The van der Waals surface area contributed by atoms with Crippen LogP contribution in [0, 0.1) is 11.3 Å². The minimum Gasteiger partial charge on any atom is -0.379 e. The summed E-state index contributed by atoms with van der Waals surface area (Å²) in [6, 6.07) is 0. The van der Waals surface area contributed by atoms with Crippen molar-refractivity contribution < 1.29 is 9.47 Å². The molecule has 108 valence electrons. The van der Waals surface area contributed by atoms with Crippen molar-refractivity contribution in [3.05, 3.63) is 0 Å². The fraction of sp³-hybridized carbons (Fsp3) is 1.00. The van der Waals surface area contributed by atoms with Crippen molar-refractivity contribution in [3.63, 3.8) is 0 Å². The zero-order valence-corrected chi connectivity index (χ0v) is 13.2. The Morgan fingerprint density at radius 3 is 2.37 bits per heavy atom.